The summed E-state index contributed by atoms with van der Waals surface area (Å²) in [5.74, 6) is -0.147. The maximum Gasteiger partial charge on any atom is 0.127 e. The second kappa shape index (κ2) is 7.03. The lowest BCUT2D eigenvalue weighted by molar-refractivity contribution is -1.02. The Morgan fingerprint density at radius 3 is 2.05 bits per heavy atom. The Morgan fingerprint density at radius 1 is 0.818 bits per heavy atom. The number of benzene rings is 2. The van der Waals surface area contributed by atoms with Crippen LogP contribution in [0.25, 0.3) is 0 Å². The molecule has 116 valence electrons. The van der Waals surface area contributed by atoms with Crippen molar-refractivity contribution in [1.29, 1.82) is 0 Å². The van der Waals surface area contributed by atoms with E-state index in [1.807, 2.05) is 12.1 Å². The largest absolute Gasteiger partial charge is 0.322 e. The minimum Gasteiger partial charge on any atom is -0.322 e. The Morgan fingerprint density at radius 2 is 1.41 bits per heavy atom. The molecule has 1 saturated heterocycles. The summed E-state index contributed by atoms with van der Waals surface area (Å²) in [7, 11) is 0. The van der Waals surface area contributed by atoms with Gasteiger partial charge in [0.1, 0.15) is 45.1 Å². The first-order valence-electron chi connectivity index (χ1n) is 8.17. The summed E-state index contributed by atoms with van der Waals surface area (Å²) in [5, 5.41) is 0. The van der Waals surface area contributed by atoms with Crippen molar-refractivity contribution in [2.24, 2.45) is 0 Å². The number of nitrogens with one attached hydrogen (secondary N) is 2. The highest BCUT2D eigenvalue weighted by molar-refractivity contribution is 5.24. The van der Waals surface area contributed by atoms with E-state index in [4.69, 9.17) is 0 Å². The maximum absolute atomic E-state index is 12.9. The number of hydrogen-bond donors (Lipinski definition) is 2. The van der Waals surface area contributed by atoms with E-state index in [1.54, 1.807) is 21.9 Å². The Bertz CT molecular complexity index is 601. The van der Waals surface area contributed by atoms with Gasteiger partial charge in [-0.2, -0.15) is 0 Å². The monoisotopic (exact) mass is 300 g/mol. The Labute approximate surface area is 132 Å². The molecule has 0 radical (unpaired) electrons. The Kier molecular flexibility index (Phi) is 4.86. The molecule has 3 heteroatoms. The van der Waals surface area contributed by atoms with Crippen LogP contribution < -0.4 is 9.80 Å². The van der Waals surface area contributed by atoms with Crippen molar-refractivity contribution in [3.05, 3.63) is 71.0 Å². The summed E-state index contributed by atoms with van der Waals surface area (Å²) in [6.07, 6.45) is 0. The van der Waals surface area contributed by atoms with Gasteiger partial charge >= 0.3 is 0 Å². The van der Waals surface area contributed by atoms with Crippen molar-refractivity contribution in [3.8, 4) is 0 Å². The van der Waals surface area contributed by atoms with Crippen LogP contribution in [-0.4, -0.2) is 26.2 Å². The van der Waals surface area contributed by atoms with Gasteiger partial charge in [0, 0.05) is 11.1 Å². The van der Waals surface area contributed by atoms with Crippen LogP contribution >= 0.6 is 0 Å². The zero-order valence-corrected chi connectivity index (χ0v) is 13.2. The minimum atomic E-state index is -0.147. The highest BCUT2D eigenvalue weighted by Gasteiger charge is 2.23. The molecule has 0 unspecified atom stereocenters. The van der Waals surface area contributed by atoms with Crippen LogP contribution in [0.1, 0.15) is 16.7 Å². The second-order valence-electron chi connectivity index (χ2n) is 6.41. The van der Waals surface area contributed by atoms with Gasteiger partial charge in [-0.15, -0.1) is 0 Å². The third-order valence-electron chi connectivity index (χ3n) is 4.73. The number of piperazine rings is 1. The van der Waals surface area contributed by atoms with Crippen LogP contribution in [-0.2, 0) is 13.1 Å². The van der Waals surface area contributed by atoms with Crippen molar-refractivity contribution >= 4 is 0 Å². The molecule has 1 heterocycles. The van der Waals surface area contributed by atoms with E-state index in [0.717, 1.165) is 13.1 Å². The lowest BCUT2D eigenvalue weighted by Gasteiger charge is -2.30. The molecule has 0 aromatic heterocycles. The van der Waals surface area contributed by atoms with Gasteiger partial charge in [-0.25, -0.2) is 4.39 Å². The number of quaternary nitrogens is 2. The molecule has 0 spiro atoms. The van der Waals surface area contributed by atoms with Gasteiger partial charge < -0.3 is 9.80 Å². The molecule has 0 aliphatic carbocycles. The summed E-state index contributed by atoms with van der Waals surface area (Å²) >= 11 is 0. The smallest absolute Gasteiger partial charge is 0.127 e. The average molecular weight is 300 g/mol. The molecular weight excluding hydrogens is 275 g/mol. The van der Waals surface area contributed by atoms with Gasteiger partial charge in [-0.05, 0) is 24.6 Å². The summed E-state index contributed by atoms with van der Waals surface area (Å²) in [6, 6.07) is 15.6. The fourth-order valence-corrected chi connectivity index (χ4v) is 3.28. The Hall–Kier alpha value is -1.71. The van der Waals surface area contributed by atoms with E-state index in [9.17, 15) is 4.39 Å². The molecule has 0 bridgehead atoms. The Balaban J connectivity index is 1.50. The zero-order valence-electron chi connectivity index (χ0n) is 13.2. The predicted octanol–water partition coefficient (Wildman–Crippen LogP) is 0.618. The summed E-state index contributed by atoms with van der Waals surface area (Å²) in [5.41, 5.74) is 4.11. The van der Waals surface area contributed by atoms with Crippen LogP contribution in [0.5, 0.6) is 0 Å². The molecule has 0 amide bonds. The van der Waals surface area contributed by atoms with Crippen molar-refractivity contribution < 1.29 is 14.2 Å². The van der Waals surface area contributed by atoms with Crippen LogP contribution in [0, 0.1) is 12.7 Å². The normalized spacial score (nSPS) is 21.7. The first-order chi connectivity index (χ1) is 10.7. The molecule has 2 aromatic rings. The van der Waals surface area contributed by atoms with Crippen LogP contribution in [0.4, 0.5) is 4.39 Å². The maximum atomic E-state index is 12.9. The molecule has 1 aliphatic rings. The molecule has 2 N–H and O–H groups in total. The molecular formula is C19H25FN2+2. The highest BCUT2D eigenvalue weighted by atomic mass is 19.1. The van der Waals surface area contributed by atoms with Gasteiger partial charge in [0.15, 0.2) is 0 Å². The van der Waals surface area contributed by atoms with Crippen molar-refractivity contribution in [2.45, 2.75) is 20.0 Å². The minimum absolute atomic E-state index is 0.147. The summed E-state index contributed by atoms with van der Waals surface area (Å²) < 4.78 is 12.9. The molecule has 2 nitrogen and oxygen atoms in total. The van der Waals surface area contributed by atoms with Crippen LogP contribution in [0.15, 0.2) is 48.5 Å². The molecule has 1 fully saturated rings. The SMILES string of the molecule is Cc1ccccc1C[NH+]1CC[NH+](Cc2ccc(F)cc2)CC1. The van der Waals surface area contributed by atoms with E-state index < -0.39 is 0 Å². The summed E-state index contributed by atoms with van der Waals surface area (Å²) in [4.78, 5) is 3.29. The van der Waals surface area contributed by atoms with E-state index in [2.05, 4.69) is 31.2 Å². The van der Waals surface area contributed by atoms with Gasteiger partial charge in [-0.1, -0.05) is 36.4 Å². The lowest BCUT2D eigenvalue weighted by Crippen LogP contribution is -3.27. The van der Waals surface area contributed by atoms with E-state index >= 15 is 0 Å². The number of aryl methyl sites for hydroxylation is 1. The summed E-state index contributed by atoms with van der Waals surface area (Å²) in [6.45, 7) is 9.16. The molecule has 0 saturated carbocycles. The third-order valence-corrected chi connectivity index (χ3v) is 4.73. The average Bonchev–Trinajstić information content (AvgIpc) is 2.54. The van der Waals surface area contributed by atoms with Crippen molar-refractivity contribution in [1.82, 2.24) is 0 Å². The van der Waals surface area contributed by atoms with Gasteiger partial charge in [0.2, 0.25) is 0 Å². The van der Waals surface area contributed by atoms with Crippen LogP contribution in [0.2, 0.25) is 0 Å². The van der Waals surface area contributed by atoms with E-state index in [0.29, 0.717) is 0 Å². The molecule has 2 aromatic carbocycles. The lowest BCUT2D eigenvalue weighted by atomic mass is 10.1. The van der Waals surface area contributed by atoms with E-state index in [1.165, 1.54) is 42.9 Å². The molecule has 0 atom stereocenters. The zero-order chi connectivity index (χ0) is 15.4. The molecule has 3 rings (SSSR count). The first kappa shape index (κ1) is 15.2. The second-order valence-corrected chi connectivity index (χ2v) is 6.41. The fourth-order valence-electron chi connectivity index (χ4n) is 3.28. The van der Waals surface area contributed by atoms with Crippen molar-refractivity contribution in [3.63, 3.8) is 0 Å². The number of rotatable bonds is 4. The van der Waals surface area contributed by atoms with E-state index in [-0.39, 0.29) is 5.82 Å². The number of halogens is 1. The number of hydrogen-bond acceptors (Lipinski definition) is 0. The fraction of sp³-hybridized carbons (Fsp3) is 0.368. The van der Waals surface area contributed by atoms with Gasteiger partial charge in [0.05, 0.1) is 0 Å². The third kappa shape index (κ3) is 3.93. The van der Waals surface area contributed by atoms with Gasteiger partial charge in [0.25, 0.3) is 0 Å². The highest BCUT2D eigenvalue weighted by Crippen LogP contribution is 2.04. The topological polar surface area (TPSA) is 8.88 Å². The predicted molar refractivity (Wildman–Crippen MR) is 86.4 cm³/mol. The first-order valence-corrected chi connectivity index (χ1v) is 8.17. The standard InChI is InChI=1S/C19H23FN2/c1-16-4-2-3-5-18(16)15-22-12-10-21(11-13-22)14-17-6-8-19(20)9-7-17/h2-9H,10-15H2,1H3/p+2. The quantitative estimate of drug-likeness (QED) is 0.819. The van der Waals surface area contributed by atoms with Gasteiger partial charge in [-0.3, -0.25) is 0 Å². The molecule has 1 aliphatic heterocycles. The van der Waals surface area contributed by atoms with Crippen molar-refractivity contribution in [2.75, 3.05) is 26.2 Å². The van der Waals surface area contributed by atoms with Crippen LogP contribution in [0.3, 0.4) is 0 Å². The molecule has 22 heavy (non-hydrogen) atoms.